The third-order valence-electron chi connectivity index (χ3n) is 1.08. The standard InChI is InChI=1S/C6H7NO3S2/c1-12(9,10)4-6-7-5(2-8)3-11-6/h2-3H,4H2,1H3. The minimum Gasteiger partial charge on any atom is -0.296 e. The number of hydrogen-bond acceptors (Lipinski definition) is 5. The summed E-state index contributed by atoms with van der Waals surface area (Å²) < 4.78 is 21.6. The van der Waals surface area contributed by atoms with Gasteiger partial charge < -0.3 is 0 Å². The Bertz CT molecular complexity index is 379. The normalized spacial score (nSPS) is 11.4. The summed E-state index contributed by atoms with van der Waals surface area (Å²) in [5.74, 6) is -0.0918. The minimum absolute atomic E-state index is 0.0918. The van der Waals surface area contributed by atoms with E-state index in [1.54, 1.807) is 0 Å². The van der Waals surface area contributed by atoms with Crippen molar-refractivity contribution in [2.24, 2.45) is 0 Å². The van der Waals surface area contributed by atoms with E-state index < -0.39 is 9.84 Å². The maximum Gasteiger partial charge on any atom is 0.169 e. The molecular weight excluding hydrogens is 198 g/mol. The molecule has 0 radical (unpaired) electrons. The van der Waals surface area contributed by atoms with Gasteiger partial charge in [-0.15, -0.1) is 11.3 Å². The Balaban J connectivity index is 2.84. The number of hydrogen-bond donors (Lipinski definition) is 0. The average Bonchev–Trinajstić information content (AvgIpc) is 2.32. The Morgan fingerprint density at radius 2 is 2.33 bits per heavy atom. The molecule has 0 aromatic carbocycles. The molecule has 6 heteroatoms. The average molecular weight is 205 g/mol. The lowest BCUT2D eigenvalue weighted by atomic mass is 10.6. The topological polar surface area (TPSA) is 64.1 Å². The summed E-state index contributed by atoms with van der Waals surface area (Å²) in [5.41, 5.74) is 0.290. The molecule has 0 aliphatic heterocycles. The molecule has 0 N–H and O–H groups in total. The number of rotatable bonds is 3. The molecule has 0 unspecified atom stereocenters. The molecule has 1 rings (SSSR count). The summed E-state index contributed by atoms with van der Waals surface area (Å²) in [5, 5.41) is 1.99. The third kappa shape index (κ3) is 2.71. The van der Waals surface area contributed by atoms with E-state index in [0.717, 1.165) is 6.26 Å². The van der Waals surface area contributed by atoms with Crippen LogP contribution in [0.3, 0.4) is 0 Å². The van der Waals surface area contributed by atoms with Gasteiger partial charge in [-0.1, -0.05) is 0 Å². The molecule has 1 aromatic rings. The highest BCUT2D eigenvalue weighted by Gasteiger charge is 2.08. The van der Waals surface area contributed by atoms with E-state index in [2.05, 4.69) is 4.98 Å². The van der Waals surface area contributed by atoms with Crippen LogP contribution in [0.25, 0.3) is 0 Å². The quantitative estimate of drug-likeness (QED) is 0.674. The van der Waals surface area contributed by atoms with Gasteiger partial charge in [-0.05, 0) is 0 Å². The molecule has 0 bridgehead atoms. The maximum atomic E-state index is 10.8. The highest BCUT2D eigenvalue weighted by molar-refractivity contribution is 7.90. The van der Waals surface area contributed by atoms with Crippen molar-refractivity contribution in [3.8, 4) is 0 Å². The van der Waals surface area contributed by atoms with Crippen molar-refractivity contribution in [1.29, 1.82) is 0 Å². The van der Waals surface area contributed by atoms with Crippen LogP contribution in [-0.2, 0) is 15.6 Å². The van der Waals surface area contributed by atoms with E-state index in [1.807, 2.05) is 0 Å². The van der Waals surface area contributed by atoms with Crippen molar-refractivity contribution in [1.82, 2.24) is 4.98 Å². The van der Waals surface area contributed by atoms with Crippen LogP contribution in [0.1, 0.15) is 15.5 Å². The largest absolute Gasteiger partial charge is 0.296 e. The monoisotopic (exact) mass is 205 g/mol. The molecule has 0 fully saturated rings. The lowest BCUT2D eigenvalue weighted by Gasteiger charge is -1.90. The Morgan fingerprint density at radius 1 is 1.67 bits per heavy atom. The van der Waals surface area contributed by atoms with Crippen LogP contribution in [0.4, 0.5) is 0 Å². The summed E-state index contributed by atoms with van der Waals surface area (Å²) in [6.07, 6.45) is 1.73. The van der Waals surface area contributed by atoms with Crippen molar-refractivity contribution in [3.05, 3.63) is 16.1 Å². The number of nitrogens with zero attached hydrogens (tertiary/aromatic N) is 1. The van der Waals surface area contributed by atoms with Crippen LogP contribution >= 0.6 is 11.3 Å². The van der Waals surface area contributed by atoms with E-state index in [0.29, 0.717) is 17.0 Å². The second-order valence-electron chi connectivity index (χ2n) is 2.35. The van der Waals surface area contributed by atoms with Gasteiger partial charge >= 0.3 is 0 Å². The first-order chi connectivity index (χ1) is 5.51. The van der Waals surface area contributed by atoms with Crippen LogP contribution in [0.2, 0.25) is 0 Å². The third-order valence-corrected chi connectivity index (χ3v) is 2.92. The summed E-state index contributed by atoms with van der Waals surface area (Å²) >= 11 is 1.18. The van der Waals surface area contributed by atoms with E-state index in [-0.39, 0.29) is 5.75 Å². The SMILES string of the molecule is CS(=O)(=O)Cc1nc(C=O)cs1. The Kier molecular flexibility index (Phi) is 2.58. The van der Waals surface area contributed by atoms with Gasteiger partial charge in [-0.25, -0.2) is 13.4 Å². The molecule has 0 atom stereocenters. The van der Waals surface area contributed by atoms with E-state index in [9.17, 15) is 13.2 Å². The zero-order valence-corrected chi connectivity index (χ0v) is 7.98. The van der Waals surface area contributed by atoms with Gasteiger partial charge in [0.05, 0.1) is 0 Å². The fraction of sp³-hybridized carbons (Fsp3) is 0.333. The Morgan fingerprint density at radius 3 is 2.75 bits per heavy atom. The van der Waals surface area contributed by atoms with Gasteiger partial charge in [0.25, 0.3) is 0 Å². The van der Waals surface area contributed by atoms with Crippen LogP contribution in [-0.4, -0.2) is 25.9 Å². The zero-order valence-electron chi connectivity index (χ0n) is 6.35. The van der Waals surface area contributed by atoms with Crippen molar-refractivity contribution in [2.45, 2.75) is 5.75 Å². The molecule has 1 aromatic heterocycles. The number of aldehydes is 1. The van der Waals surface area contributed by atoms with Gasteiger partial charge in [0.15, 0.2) is 16.1 Å². The van der Waals surface area contributed by atoms with Gasteiger partial charge in [-0.3, -0.25) is 4.79 Å². The molecule has 1 heterocycles. The number of thiazole rings is 1. The molecular formula is C6H7NO3S2. The lowest BCUT2D eigenvalue weighted by Crippen LogP contribution is -2.00. The number of aromatic nitrogens is 1. The molecule has 0 saturated heterocycles. The molecule has 4 nitrogen and oxygen atoms in total. The lowest BCUT2D eigenvalue weighted by molar-refractivity contribution is 0.111. The summed E-state index contributed by atoms with van der Waals surface area (Å²) in [6.45, 7) is 0. The maximum absolute atomic E-state index is 10.8. The number of carbonyl (C=O) groups excluding carboxylic acids is 1. The fourth-order valence-corrected chi connectivity index (χ4v) is 2.62. The first-order valence-corrected chi connectivity index (χ1v) is 6.02. The van der Waals surface area contributed by atoms with E-state index in [4.69, 9.17) is 0 Å². The van der Waals surface area contributed by atoms with Crippen LogP contribution in [0.5, 0.6) is 0 Å². The van der Waals surface area contributed by atoms with Crippen LogP contribution < -0.4 is 0 Å². The highest BCUT2D eigenvalue weighted by atomic mass is 32.2. The van der Waals surface area contributed by atoms with E-state index in [1.165, 1.54) is 16.7 Å². The van der Waals surface area contributed by atoms with Gasteiger partial charge in [0.2, 0.25) is 0 Å². The minimum atomic E-state index is -3.04. The second-order valence-corrected chi connectivity index (χ2v) is 5.44. The predicted molar refractivity (Wildman–Crippen MR) is 46.0 cm³/mol. The van der Waals surface area contributed by atoms with Crippen molar-refractivity contribution >= 4 is 27.5 Å². The van der Waals surface area contributed by atoms with Crippen LogP contribution in [0.15, 0.2) is 5.38 Å². The molecule has 0 amide bonds. The number of sulfone groups is 1. The molecule has 0 spiro atoms. The molecule has 0 saturated carbocycles. The van der Waals surface area contributed by atoms with Gasteiger partial charge in [0.1, 0.15) is 16.5 Å². The fourth-order valence-electron chi connectivity index (χ4n) is 0.670. The first-order valence-electron chi connectivity index (χ1n) is 3.08. The van der Waals surface area contributed by atoms with Crippen molar-refractivity contribution in [3.63, 3.8) is 0 Å². The Labute approximate surface area is 74.2 Å². The Hall–Kier alpha value is -0.750. The van der Waals surface area contributed by atoms with Gasteiger partial charge in [0, 0.05) is 11.6 Å². The summed E-state index contributed by atoms with van der Waals surface area (Å²) in [7, 11) is -3.04. The molecule has 0 aliphatic carbocycles. The number of carbonyl (C=O) groups is 1. The van der Waals surface area contributed by atoms with Crippen molar-refractivity contribution in [2.75, 3.05) is 6.26 Å². The summed E-state index contributed by atoms with van der Waals surface area (Å²) in [6, 6.07) is 0. The van der Waals surface area contributed by atoms with Gasteiger partial charge in [-0.2, -0.15) is 0 Å². The molecule has 66 valence electrons. The van der Waals surface area contributed by atoms with Crippen LogP contribution in [0, 0.1) is 0 Å². The second kappa shape index (κ2) is 3.32. The predicted octanol–water partition coefficient (Wildman–Crippen LogP) is 0.500. The van der Waals surface area contributed by atoms with Crippen molar-refractivity contribution < 1.29 is 13.2 Å². The zero-order chi connectivity index (χ0) is 9.19. The molecule has 0 aliphatic rings. The molecule has 12 heavy (non-hydrogen) atoms. The smallest absolute Gasteiger partial charge is 0.169 e. The first kappa shape index (κ1) is 9.34. The van der Waals surface area contributed by atoms with E-state index >= 15 is 0 Å². The highest BCUT2D eigenvalue weighted by Crippen LogP contribution is 2.10. The summed E-state index contributed by atoms with van der Waals surface area (Å²) in [4.78, 5) is 14.0.